The van der Waals surface area contributed by atoms with Gasteiger partial charge < -0.3 is 9.84 Å². The number of hydrogen-bond donors (Lipinski definition) is 1. The summed E-state index contributed by atoms with van der Waals surface area (Å²) in [6, 6.07) is 0.361. The highest BCUT2D eigenvalue weighted by molar-refractivity contribution is 5.66. The van der Waals surface area contributed by atoms with Crippen molar-refractivity contribution in [1.82, 2.24) is 4.90 Å². The van der Waals surface area contributed by atoms with Crippen LogP contribution in [0, 0.1) is 0 Å². The SMILES string of the molecule is C[C@@H](CCC(=O)O)N1CCOCC1. The molecule has 0 aromatic carbocycles. The number of hydrogen-bond acceptors (Lipinski definition) is 3. The van der Waals surface area contributed by atoms with Gasteiger partial charge in [0.05, 0.1) is 13.2 Å². The normalized spacial score (nSPS) is 21.3. The summed E-state index contributed by atoms with van der Waals surface area (Å²) in [6.45, 7) is 5.49. The van der Waals surface area contributed by atoms with E-state index in [1.807, 2.05) is 0 Å². The van der Waals surface area contributed by atoms with Crippen molar-refractivity contribution in [2.24, 2.45) is 0 Å². The van der Waals surface area contributed by atoms with E-state index in [-0.39, 0.29) is 6.42 Å². The van der Waals surface area contributed by atoms with Crippen LogP contribution in [0.3, 0.4) is 0 Å². The Bertz CT molecular complexity index is 166. The quantitative estimate of drug-likeness (QED) is 0.699. The van der Waals surface area contributed by atoms with Gasteiger partial charge in [0.15, 0.2) is 0 Å². The number of aliphatic carboxylic acids is 1. The second-order valence-electron chi connectivity index (χ2n) is 3.43. The first kappa shape index (κ1) is 10.5. The molecule has 0 unspecified atom stereocenters. The summed E-state index contributed by atoms with van der Waals surface area (Å²) in [6.07, 6.45) is 0.994. The molecule has 0 radical (unpaired) electrons. The van der Waals surface area contributed by atoms with Crippen LogP contribution >= 0.6 is 0 Å². The van der Waals surface area contributed by atoms with Gasteiger partial charge in [-0.1, -0.05) is 0 Å². The van der Waals surface area contributed by atoms with Crippen molar-refractivity contribution in [2.75, 3.05) is 26.3 Å². The Morgan fingerprint density at radius 3 is 2.69 bits per heavy atom. The molecular formula is C9H17NO3. The molecule has 1 saturated heterocycles. The zero-order valence-electron chi connectivity index (χ0n) is 8.03. The zero-order chi connectivity index (χ0) is 9.68. The molecule has 1 rings (SSSR count). The number of carboxylic acids is 1. The molecular weight excluding hydrogens is 170 g/mol. The molecule has 1 heterocycles. The third-order valence-corrected chi connectivity index (χ3v) is 2.45. The number of nitrogens with zero attached hydrogens (tertiary/aromatic N) is 1. The Hall–Kier alpha value is -0.610. The van der Waals surface area contributed by atoms with Gasteiger partial charge in [0, 0.05) is 25.6 Å². The summed E-state index contributed by atoms with van der Waals surface area (Å²) in [5.41, 5.74) is 0. The molecule has 0 aromatic rings. The first-order chi connectivity index (χ1) is 6.20. The van der Waals surface area contributed by atoms with Crippen LogP contribution in [0.25, 0.3) is 0 Å². The van der Waals surface area contributed by atoms with Crippen LogP contribution in [0.4, 0.5) is 0 Å². The molecule has 0 bridgehead atoms. The number of morpholine rings is 1. The monoisotopic (exact) mass is 187 g/mol. The van der Waals surface area contributed by atoms with E-state index in [1.165, 1.54) is 0 Å². The first-order valence-corrected chi connectivity index (χ1v) is 4.73. The predicted octanol–water partition coefficient (Wildman–Crippen LogP) is 0.572. The van der Waals surface area contributed by atoms with Gasteiger partial charge in [-0.25, -0.2) is 0 Å². The van der Waals surface area contributed by atoms with E-state index in [0.717, 1.165) is 32.7 Å². The average molecular weight is 187 g/mol. The minimum Gasteiger partial charge on any atom is -0.481 e. The van der Waals surface area contributed by atoms with Gasteiger partial charge in [0.1, 0.15) is 0 Å². The summed E-state index contributed by atoms with van der Waals surface area (Å²) < 4.78 is 5.22. The van der Waals surface area contributed by atoms with Crippen molar-refractivity contribution < 1.29 is 14.6 Å². The minimum atomic E-state index is -0.708. The van der Waals surface area contributed by atoms with E-state index >= 15 is 0 Å². The number of carboxylic acid groups (broad SMARTS) is 1. The predicted molar refractivity (Wildman–Crippen MR) is 48.7 cm³/mol. The molecule has 0 aliphatic carbocycles. The Morgan fingerprint density at radius 1 is 1.54 bits per heavy atom. The molecule has 0 spiro atoms. The summed E-state index contributed by atoms with van der Waals surface area (Å²) >= 11 is 0. The maximum atomic E-state index is 10.3. The lowest BCUT2D eigenvalue weighted by Crippen LogP contribution is -2.42. The lowest BCUT2D eigenvalue weighted by Gasteiger charge is -2.31. The summed E-state index contributed by atoms with van der Waals surface area (Å²) in [5.74, 6) is -0.708. The van der Waals surface area contributed by atoms with E-state index in [4.69, 9.17) is 9.84 Å². The third kappa shape index (κ3) is 3.74. The van der Waals surface area contributed by atoms with Gasteiger partial charge in [-0.15, -0.1) is 0 Å². The van der Waals surface area contributed by atoms with Crippen LogP contribution in [-0.4, -0.2) is 48.3 Å². The second-order valence-corrected chi connectivity index (χ2v) is 3.43. The molecule has 4 heteroatoms. The van der Waals surface area contributed by atoms with E-state index in [9.17, 15) is 4.79 Å². The van der Waals surface area contributed by atoms with Crippen LogP contribution in [-0.2, 0) is 9.53 Å². The van der Waals surface area contributed by atoms with Crippen LogP contribution in [0.5, 0.6) is 0 Å². The molecule has 1 aliphatic heterocycles. The molecule has 0 aromatic heterocycles. The molecule has 13 heavy (non-hydrogen) atoms. The Labute approximate surface area is 78.5 Å². The maximum Gasteiger partial charge on any atom is 0.303 e. The van der Waals surface area contributed by atoms with E-state index in [0.29, 0.717) is 6.04 Å². The van der Waals surface area contributed by atoms with Crippen molar-refractivity contribution in [2.45, 2.75) is 25.8 Å². The highest BCUT2D eigenvalue weighted by atomic mass is 16.5. The van der Waals surface area contributed by atoms with Gasteiger partial charge >= 0.3 is 5.97 Å². The van der Waals surface area contributed by atoms with Crippen molar-refractivity contribution in [3.8, 4) is 0 Å². The lowest BCUT2D eigenvalue weighted by atomic mass is 10.1. The van der Waals surface area contributed by atoms with Crippen LogP contribution in [0.2, 0.25) is 0 Å². The van der Waals surface area contributed by atoms with Gasteiger partial charge in [-0.3, -0.25) is 9.69 Å². The summed E-state index contributed by atoms with van der Waals surface area (Å²) in [5, 5.41) is 8.52. The standard InChI is InChI=1S/C9H17NO3/c1-8(2-3-9(11)12)10-4-6-13-7-5-10/h8H,2-7H2,1H3,(H,11,12)/t8-/m0/s1. The Morgan fingerprint density at radius 2 is 2.15 bits per heavy atom. The van der Waals surface area contributed by atoms with Crippen molar-refractivity contribution in [3.05, 3.63) is 0 Å². The average Bonchev–Trinajstić information content (AvgIpc) is 2.15. The van der Waals surface area contributed by atoms with E-state index < -0.39 is 5.97 Å². The summed E-state index contributed by atoms with van der Waals surface area (Å²) in [4.78, 5) is 12.6. The highest BCUT2D eigenvalue weighted by Crippen LogP contribution is 2.08. The second kappa shape index (κ2) is 5.19. The fraction of sp³-hybridized carbons (Fsp3) is 0.889. The smallest absolute Gasteiger partial charge is 0.303 e. The zero-order valence-corrected chi connectivity index (χ0v) is 8.03. The van der Waals surface area contributed by atoms with Crippen LogP contribution in [0.15, 0.2) is 0 Å². The molecule has 1 fully saturated rings. The van der Waals surface area contributed by atoms with Crippen LogP contribution < -0.4 is 0 Å². The van der Waals surface area contributed by atoms with Crippen LogP contribution in [0.1, 0.15) is 19.8 Å². The fourth-order valence-electron chi connectivity index (χ4n) is 1.53. The molecule has 76 valence electrons. The first-order valence-electron chi connectivity index (χ1n) is 4.73. The molecule has 1 aliphatic rings. The Kier molecular flexibility index (Phi) is 4.18. The Balaban J connectivity index is 2.20. The molecule has 0 amide bonds. The van der Waals surface area contributed by atoms with Gasteiger partial charge in [-0.2, -0.15) is 0 Å². The van der Waals surface area contributed by atoms with Crippen molar-refractivity contribution in [3.63, 3.8) is 0 Å². The van der Waals surface area contributed by atoms with E-state index in [1.54, 1.807) is 0 Å². The molecule has 1 atom stereocenters. The van der Waals surface area contributed by atoms with Crippen molar-refractivity contribution in [1.29, 1.82) is 0 Å². The van der Waals surface area contributed by atoms with Gasteiger partial charge in [0.25, 0.3) is 0 Å². The molecule has 4 nitrogen and oxygen atoms in total. The summed E-state index contributed by atoms with van der Waals surface area (Å²) in [7, 11) is 0. The minimum absolute atomic E-state index is 0.262. The molecule has 1 N–H and O–H groups in total. The third-order valence-electron chi connectivity index (χ3n) is 2.45. The fourth-order valence-corrected chi connectivity index (χ4v) is 1.53. The number of rotatable bonds is 4. The van der Waals surface area contributed by atoms with E-state index in [2.05, 4.69) is 11.8 Å². The van der Waals surface area contributed by atoms with Crippen molar-refractivity contribution >= 4 is 5.97 Å². The number of carbonyl (C=O) groups is 1. The topological polar surface area (TPSA) is 49.8 Å². The number of ether oxygens (including phenoxy) is 1. The largest absolute Gasteiger partial charge is 0.481 e. The maximum absolute atomic E-state index is 10.3. The van der Waals surface area contributed by atoms with Gasteiger partial charge in [-0.05, 0) is 13.3 Å². The molecule has 0 saturated carbocycles. The highest BCUT2D eigenvalue weighted by Gasteiger charge is 2.17. The van der Waals surface area contributed by atoms with Gasteiger partial charge in [0.2, 0.25) is 0 Å². The lowest BCUT2D eigenvalue weighted by molar-refractivity contribution is -0.137.